The zero-order chi connectivity index (χ0) is 19.1. The molecule has 0 spiro atoms. The van der Waals surface area contributed by atoms with Crippen LogP contribution < -0.4 is 10.2 Å². The molecule has 0 aliphatic heterocycles. The van der Waals surface area contributed by atoms with Crippen LogP contribution in [0.1, 0.15) is 35.5 Å². The van der Waals surface area contributed by atoms with Crippen LogP contribution in [0.3, 0.4) is 0 Å². The van der Waals surface area contributed by atoms with Gasteiger partial charge in [-0.2, -0.15) is 0 Å². The summed E-state index contributed by atoms with van der Waals surface area (Å²) in [5.41, 5.74) is 3.52. The van der Waals surface area contributed by atoms with E-state index in [9.17, 15) is 4.79 Å². The molecule has 0 saturated carbocycles. The minimum Gasteiger partial charge on any atom is -0.337 e. The number of rotatable bonds is 7. The van der Waals surface area contributed by atoms with Gasteiger partial charge in [-0.15, -0.1) is 0 Å². The topological polar surface area (TPSA) is 58.1 Å². The van der Waals surface area contributed by atoms with Gasteiger partial charge >= 0.3 is 0 Å². The Hall–Kier alpha value is -3.21. The summed E-state index contributed by atoms with van der Waals surface area (Å²) in [5.74, 6) is 0.314. The van der Waals surface area contributed by atoms with E-state index in [4.69, 9.17) is 0 Å². The van der Waals surface area contributed by atoms with E-state index >= 15 is 0 Å². The van der Waals surface area contributed by atoms with Crippen LogP contribution in [-0.2, 0) is 13.0 Å². The highest BCUT2D eigenvalue weighted by Gasteiger charge is 2.13. The Balaban J connectivity index is 1.73. The highest BCUT2D eigenvalue weighted by atomic mass is 16.1. The molecule has 0 atom stereocenters. The first kappa shape index (κ1) is 18.6. The summed E-state index contributed by atoms with van der Waals surface area (Å²) in [6, 6.07) is 19.6. The second-order valence-electron chi connectivity index (χ2n) is 6.25. The van der Waals surface area contributed by atoms with Gasteiger partial charge in [0, 0.05) is 25.0 Å². The number of carbonyl (C=O) groups excluding carboxylic acids is 1. The quantitative estimate of drug-likeness (QED) is 0.682. The lowest BCUT2D eigenvalue weighted by Crippen LogP contribution is -2.25. The molecule has 1 amide bonds. The Morgan fingerprint density at radius 1 is 0.963 bits per heavy atom. The van der Waals surface area contributed by atoms with Crippen LogP contribution in [0.25, 0.3) is 0 Å². The molecule has 0 fully saturated rings. The first-order valence-corrected chi connectivity index (χ1v) is 9.21. The molecule has 1 heterocycles. The molecule has 1 N–H and O–H groups in total. The highest BCUT2D eigenvalue weighted by molar-refractivity contribution is 6.02. The van der Waals surface area contributed by atoms with Crippen molar-refractivity contribution in [3.63, 3.8) is 0 Å². The summed E-state index contributed by atoms with van der Waals surface area (Å²) in [7, 11) is 0. The van der Waals surface area contributed by atoms with E-state index in [0.717, 1.165) is 18.7 Å². The fourth-order valence-corrected chi connectivity index (χ4v) is 2.77. The number of anilines is 2. The summed E-state index contributed by atoms with van der Waals surface area (Å²) < 4.78 is 0. The fraction of sp³-hybridized carbons (Fsp3) is 0.227. The molecule has 5 heteroatoms. The van der Waals surface area contributed by atoms with Crippen LogP contribution in [0.4, 0.5) is 11.6 Å². The van der Waals surface area contributed by atoms with Crippen molar-refractivity contribution in [3.05, 3.63) is 83.7 Å². The molecule has 0 aliphatic carbocycles. The lowest BCUT2D eigenvalue weighted by atomic mass is 10.1. The van der Waals surface area contributed by atoms with Gasteiger partial charge in [0.1, 0.15) is 5.69 Å². The predicted molar refractivity (Wildman–Crippen MR) is 109 cm³/mol. The van der Waals surface area contributed by atoms with Crippen molar-refractivity contribution in [1.29, 1.82) is 0 Å². The molecular formula is C22H24N4O. The molecule has 27 heavy (non-hydrogen) atoms. The third-order valence-corrected chi connectivity index (χ3v) is 4.38. The van der Waals surface area contributed by atoms with Crippen molar-refractivity contribution >= 4 is 17.5 Å². The van der Waals surface area contributed by atoms with Crippen molar-refractivity contribution < 1.29 is 4.79 Å². The van der Waals surface area contributed by atoms with E-state index < -0.39 is 0 Å². The summed E-state index contributed by atoms with van der Waals surface area (Å²) in [6.45, 7) is 5.60. The van der Waals surface area contributed by atoms with E-state index in [1.54, 1.807) is 12.3 Å². The zero-order valence-corrected chi connectivity index (χ0v) is 15.7. The van der Waals surface area contributed by atoms with E-state index in [0.29, 0.717) is 18.2 Å². The lowest BCUT2D eigenvalue weighted by molar-refractivity contribution is 0.102. The number of hydrogen-bond donors (Lipinski definition) is 1. The smallest absolute Gasteiger partial charge is 0.274 e. The average Bonchev–Trinajstić information content (AvgIpc) is 2.73. The molecule has 0 unspecified atom stereocenters. The number of hydrogen-bond acceptors (Lipinski definition) is 4. The SMILES string of the molecule is CCc1ccc(NC(=O)c2ccnc(N(CC)Cc3ccccc3)n2)cc1. The van der Waals surface area contributed by atoms with Gasteiger partial charge in [-0.05, 0) is 42.7 Å². The maximum atomic E-state index is 12.6. The Labute approximate surface area is 160 Å². The first-order valence-electron chi connectivity index (χ1n) is 9.21. The van der Waals surface area contributed by atoms with Gasteiger partial charge in [-0.3, -0.25) is 4.79 Å². The molecule has 3 rings (SSSR count). The van der Waals surface area contributed by atoms with Crippen molar-refractivity contribution in [2.75, 3.05) is 16.8 Å². The van der Waals surface area contributed by atoms with Gasteiger partial charge in [-0.1, -0.05) is 49.4 Å². The molecule has 3 aromatic rings. The second-order valence-corrected chi connectivity index (χ2v) is 6.25. The van der Waals surface area contributed by atoms with Crippen LogP contribution in [0.2, 0.25) is 0 Å². The molecule has 1 aromatic heterocycles. The number of benzene rings is 2. The van der Waals surface area contributed by atoms with Crippen LogP contribution in [0.5, 0.6) is 0 Å². The Morgan fingerprint density at radius 2 is 1.70 bits per heavy atom. The van der Waals surface area contributed by atoms with Crippen LogP contribution in [0, 0.1) is 0 Å². The van der Waals surface area contributed by atoms with E-state index in [2.05, 4.69) is 34.3 Å². The maximum absolute atomic E-state index is 12.6. The van der Waals surface area contributed by atoms with Gasteiger partial charge < -0.3 is 10.2 Å². The van der Waals surface area contributed by atoms with Gasteiger partial charge in [0.2, 0.25) is 5.95 Å². The molecule has 0 radical (unpaired) electrons. The Kier molecular flexibility index (Phi) is 6.15. The minimum absolute atomic E-state index is 0.237. The summed E-state index contributed by atoms with van der Waals surface area (Å²) in [5, 5.41) is 2.90. The van der Waals surface area contributed by atoms with Crippen molar-refractivity contribution in [1.82, 2.24) is 9.97 Å². The monoisotopic (exact) mass is 360 g/mol. The maximum Gasteiger partial charge on any atom is 0.274 e. The second kappa shape index (κ2) is 8.94. The van der Waals surface area contributed by atoms with E-state index in [-0.39, 0.29) is 5.91 Å². The lowest BCUT2D eigenvalue weighted by Gasteiger charge is -2.21. The third kappa shape index (κ3) is 4.91. The Bertz CT molecular complexity index is 878. The number of nitrogens with zero attached hydrogens (tertiary/aromatic N) is 3. The molecule has 2 aromatic carbocycles. The molecule has 5 nitrogen and oxygen atoms in total. The number of aryl methyl sites for hydroxylation is 1. The number of amides is 1. The van der Waals surface area contributed by atoms with Gasteiger partial charge in [0.25, 0.3) is 5.91 Å². The van der Waals surface area contributed by atoms with Crippen molar-refractivity contribution in [2.45, 2.75) is 26.8 Å². The number of nitrogens with one attached hydrogen (secondary N) is 1. The van der Waals surface area contributed by atoms with Gasteiger partial charge in [0.15, 0.2) is 0 Å². The van der Waals surface area contributed by atoms with Crippen LogP contribution in [-0.4, -0.2) is 22.4 Å². The van der Waals surface area contributed by atoms with Crippen molar-refractivity contribution in [2.24, 2.45) is 0 Å². The number of aromatic nitrogens is 2. The molecule has 0 saturated heterocycles. The standard InChI is InChI=1S/C22H24N4O/c1-3-17-10-12-19(13-11-17)24-21(27)20-14-15-23-22(25-20)26(4-2)16-18-8-6-5-7-9-18/h5-15H,3-4,16H2,1-2H3,(H,24,27). The van der Waals surface area contributed by atoms with E-state index in [1.165, 1.54) is 11.1 Å². The fourth-order valence-electron chi connectivity index (χ4n) is 2.77. The van der Waals surface area contributed by atoms with E-state index in [1.807, 2.05) is 54.3 Å². The highest BCUT2D eigenvalue weighted by Crippen LogP contribution is 2.14. The molecule has 0 bridgehead atoms. The first-order chi connectivity index (χ1) is 13.2. The minimum atomic E-state index is -0.237. The normalized spacial score (nSPS) is 10.4. The zero-order valence-electron chi connectivity index (χ0n) is 15.7. The predicted octanol–water partition coefficient (Wildman–Crippen LogP) is 4.32. The van der Waals surface area contributed by atoms with Crippen LogP contribution in [0.15, 0.2) is 66.9 Å². The largest absolute Gasteiger partial charge is 0.337 e. The summed E-state index contributed by atoms with van der Waals surface area (Å²) in [6.07, 6.45) is 2.60. The van der Waals surface area contributed by atoms with Gasteiger partial charge in [0.05, 0.1) is 0 Å². The Morgan fingerprint density at radius 3 is 2.37 bits per heavy atom. The summed E-state index contributed by atoms with van der Waals surface area (Å²) >= 11 is 0. The van der Waals surface area contributed by atoms with Gasteiger partial charge in [-0.25, -0.2) is 9.97 Å². The molecule has 0 aliphatic rings. The third-order valence-electron chi connectivity index (χ3n) is 4.38. The van der Waals surface area contributed by atoms with Crippen LogP contribution >= 0.6 is 0 Å². The van der Waals surface area contributed by atoms with Crippen molar-refractivity contribution in [3.8, 4) is 0 Å². The number of carbonyl (C=O) groups is 1. The summed E-state index contributed by atoms with van der Waals surface area (Å²) in [4.78, 5) is 23.4. The molecular weight excluding hydrogens is 336 g/mol. The average molecular weight is 360 g/mol. The molecule has 138 valence electrons.